The van der Waals surface area contributed by atoms with Crippen LogP contribution in [0.2, 0.25) is 0 Å². The number of nitrogens with two attached hydrogens (primary N) is 1. The van der Waals surface area contributed by atoms with E-state index in [9.17, 15) is 0 Å². The fourth-order valence-corrected chi connectivity index (χ4v) is 2.36. The molecular formula is C9H12N4. The van der Waals surface area contributed by atoms with Crippen LogP contribution < -0.4 is 11.1 Å². The summed E-state index contributed by atoms with van der Waals surface area (Å²) >= 11 is 0. The maximum Gasteiger partial charge on any atom is 0.220 e. The first-order chi connectivity index (χ1) is 6.33. The second-order valence-corrected chi connectivity index (χ2v) is 3.83. The Kier molecular flexibility index (Phi) is 1.35. The molecule has 3 rings (SSSR count). The van der Waals surface area contributed by atoms with Crippen molar-refractivity contribution in [1.29, 1.82) is 0 Å². The summed E-state index contributed by atoms with van der Waals surface area (Å²) in [5.74, 6) is 0.403. The second kappa shape index (κ2) is 2.42. The molecule has 0 amide bonds. The maximum absolute atomic E-state index is 5.55. The summed E-state index contributed by atoms with van der Waals surface area (Å²) in [4.78, 5) is 8.32. The van der Waals surface area contributed by atoms with Gasteiger partial charge in [0, 0.05) is 30.3 Å². The molecule has 4 nitrogen and oxygen atoms in total. The van der Waals surface area contributed by atoms with Crippen LogP contribution in [0, 0.1) is 0 Å². The van der Waals surface area contributed by atoms with Crippen LogP contribution in [0.5, 0.6) is 0 Å². The van der Waals surface area contributed by atoms with Crippen molar-refractivity contribution >= 4 is 5.95 Å². The van der Waals surface area contributed by atoms with Crippen LogP contribution in [0.3, 0.4) is 0 Å². The highest BCUT2D eigenvalue weighted by molar-refractivity contribution is 5.32. The molecule has 2 aliphatic heterocycles. The maximum atomic E-state index is 5.55. The topological polar surface area (TPSA) is 63.8 Å². The number of nitrogens with one attached hydrogen (secondary N) is 1. The zero-order valence-electron chi connectivity index (χ0n) is 7.33. The van der Waals surface area contributed by atoms with Gasteiger partial charge in [0.1, 0.15) is 0 Å². The van der Waals surface area contributed by atoms with Crippen LogP contribution in [0.4, 0.5) is 5.95 Å². The second-order valence-electron chi connectivity index (χ2n) is 3.83. The van der Waals surface area contributed by atoms with Gasteiger partial charge in [-0.15, -0.1) is 0 Å². The molecule has 0 unspecified atom stereocenters. The first-order valence-electron chi connectivity index (χ1n) is 4.70. The Labute approximate surface area is 76.6 Å². The number of fused-ring (bicyclic) bond motifs is 4. The van der Waals surface area contributed by atoms with Crippen molar-refractivity contribution < 1.29 is 0 Å². The van der Waals surface area contributed by atoms with Crippen molar-refractivity contribution in [3.8, 4) is 0 Å². The van der Waals surface area contributed by atoms with E-state index in [-0.39, 0.29) is 0 Å². The Bertz CT molecular complexity index is 349. The van der Waals surface area contributed by atoms with Gasteiger partial charge in [-0.2, -0.15) is 0 Å². The van der Waals surface area contributed by atoms with Crippen molar-refractivity contribution in [3.05, 3.63) is 17.5 Å². The lowest BCUT2D eigenvalue weighted by Crippen LogP contribution is -2.32. The van der Waals surface area contributed by atoms with E-state index in [1.807, 2.05) is 6.20 Å². The zero-order valence-corrected chi connectivity index (χ0v) is 7.33. The van der Waals surface area contributed by atoms with Crippen LogP contribution in [0.25, 0.3) is 0 Å². The molecule has 1 saturated heterocycles. The molecule has 0 radical (unpaired) electrons. The molecule has 1 aromatic heterocycles. The molecule has 1 aromatic rings. The fraction of sp³-hybridized carbons (Fsp3) is 0.556. The lowest BCUT2D eigenvalue weighted by Gasteiger charge is -2.22. The fourth-order valence-electron chi connectivity index (χ4n) is 2.36. The van der Waals surface area contributed by atoms with E-state index in [4.69, 9.17) is 5.73 Å². The molecule has 0 spiro atoms. The average Bonchev–Trinajstić information content (AvgIpc) is 2.48. The molecule has 2 bridgehead atoms. The summed E-state index contributed by atoms with van der Waals surface area (Å²) in [5, 5.41) is 3.55. The third kappa shape index (κ3) is 1.02. The lowest BCUT2D eigenvalue weighted by molar-refractivity contribution is 0.505. The predicted octanol–water partition coefficient (Wildman–Crippen LogP) is 0.408. The normalized spacial score (nSPS) is 30.2. The van der Waals surface area contributed by atoms with Crippen LogP contribution in [0.1, 0.15) is 30.1 Å². The van der Waals surface area contributed by atoms with Crippen molar-refractivity contribution in [2.45, 2.75) is 31.3 Å². The highest BCUT2D eigenvalue weighted by Gasteiger charge is 2.33. The largest absolute Gasteiger partial charge is 0.368 e. The van der Waals surface area contributed by atoms with Gasteiger partial charge >= 0.3 is 0 Å². The van der Waals surface area contributed by atoms with Gasteiger partial charge in [0.25, 0.3) is 0 Å². The summed E-state index contributed by atoms with van der Waals surface area (Å²) in [6.07, 6.45) is 5.35. The third-order valence-electron chi connectivity index (χ3n) is 2.97. The number of anilines is 1. The van der Waals surface area contributed by atoms with Gasteiger partial charge in [-0.05, 0) is 12.8 Å². The Hall–Kier alpha value is -1.16. The lowest BCUT2D eigenvalue weighted by atomic mass is 10.0. The summed E-state index contributed by atoms with van der Waals surface area (Å²) in [7, 11) is 0. The molecule has 2 aliphatic rings. The first-order valence-corrected chi connectivity index (χ1v) is 4.70. The van der Waals surface area contributed by atoms with E-state index in [1.54, 1.807) is 0 Å². The van der Waals surface area contributed by atoms with Crippen molar-refractivity contribution in [2.75, 3.05) is 5.73 Å². The SMILES string of the molecule is Nc1ncc2c(n1)C[C@H]1CC[C@H]2N1. The van der Waals surface area contributed by atoms with Gasteiger partial charge in [0.2, 0.25) is 5.95 Å². The van der Waals surface area contributed by atoms with Gasteiger partial charge in [0.05, 0.1) is 5.69 Å². The number of rotatable bonds is 0. The van der Waals surface area contributed by atoms with Crippen molar-refractivity contribution in [3.63, 3.8) is 0 Å². The monoisotopic (exact) mass is 176 g/mol. The summed E-state index contributed by atoms with van der Waals surface area (Å²) in [6.45, 7) is 0. The predicted molar refractivity (Wildman–Crippen MR) is 49.0 cm³/mol. The van der Waals surface area contributed by atoms with Gasteiger partial charge in [-0.1, -0.05) is 0 Å². The minimum absolute atomic E-state index is 0.403. The van der Waals surface area contributed by atoms with E-state index >= 15 is 0 Å². The van der Waals surface area contributed by atoms with E-state index in [0.717, 1.165) is 12.1 Å². The minimum atomic E-state index is 0.403. The van der Waals surface area contributed by atoms with Gasteiger partial charge in [-0.3, -0.25) is 0 Å². The number of aromatic nitrogens is 2. The van der Waals surface area contributed by atoms with Crippen LogP contribution >= 0.6 is 0 Å². The third-order valence-corrected chi connectivity index (χ3v) is 2.97. The molecule has 0 saturated carbocycles. The molecule has 2 atom stereocenters. The molecule has 3 N–H and O–H groups in total. The average molecular weight is 176 g/mol. The number of nitrogens with zero attached hydrogens (tertiary/aromatic N) is 2. The Morgan fingerprint density at radius 3 is 3.31 bits per heavy atom. The summed E-state index contributed by atoms with van der Waals surface area (Å²) in [5.41, 5.74) is 7.95. The van der Waals surface area contributed by atoms with Gasteiger partial charge < -0.3 is 11.1 Å². The Balaban J connectivity index is 2.12. The van der Waals surface area contributed by atoms with Gasteiger partial charge in [0.15, 0.2) is 0 Å². The van der Waals surface area contributed by atoms with Crippen LogP contribution in [-0.2, 0) is 6.42 Å². The molecule has 1 fully saturated rings. The molecule has 68 valence electrons. The van der Waals surface area contributed by atoms with Crippen LogP contribution in [-0.4, -0.2) is 16.0 Å². The van der Waals surface area contributed by atoms with E-state index in [2.05, 4.69) is 15.3 Å². The zero-order chi connectivity index (χ0) is 8.84. The van der Waals surface area contributed by atoms with Crippen LogP contribution in [0.15, 0.2) is 6.20 Å². The van der Waals surface area contributed by atoms with E-state index in [0.29, 0.717) is 18.0 Å². The summed E-state index contributed by atoms with van der Waals surface area (Å²) in [6, 6.07) is 1.10. The van der Waals surface area contributed by atoms with E-state index < -0.39 is 0 Å². The number of nitrogen functional groups attached to an aromatic ring is 1. The molecule has 4 heteroatoms. The molecular weight excluding hydrogens is 164 g/mol. The molecule has 3 heterocycles. The highest BCUT2D eigenvalue weighted by atomic mass is 15.1. The number of hydrogen-bond acceptors (Lipinski definition) is 4. The Morgan fingerprint density at radius 2 is 2.38 bits per heavy atom. The Morgan fingerprint density at radius 1 is 1.46 bits per heavy atom. The first kappa shape index (κ1) is 7.26. The highest BCUT2D eigenvalue weighted by Crippen LogP contribution is 2.34. The quantitative estimate of drug-likeness (QED) is 0.601. The molecule has 13 heavy (non-hydrogen) atoms. The molecule has 0 aliphatic carbocycles. The molecule has 0 aromatic carbocycles. The number of hydrogen-bond donors (Lipinski definition) is 2. The van der Waals surface area contributed by atoms with Crippen molar-refractivity contribution in [2.24, 2.45) is 0 Å². The minimum Gasteiger partial charge on any atom is -0.368 e. The van der Waals surface area contributed by atoms with Gasteiger partial charge in [-0.25, -0.2) is 9.97 Å². The standard InChI is InChI=1S/C9H12N4/c10-9-11-4-6-7-2-1-5(12-7)3-8(6)13-9/h4-5,7,12H,1-3H2,(H2,10,11,13)/t5-,7-/m1/s1. The van der Waals surface area contributed by atoms with Crippen molar-refractivity contribution in [1.82, 2.24) is 15.3 Å². The van der Waals surface area contributed by atoms with E-state index in [1.165, 1.54) is 18.4 Å². The summed E-state index contributed by atoms with van der Waals surface area (Å²) < 4.78 is 0. The smallest absolute Gasteiger partial charge is 0.220 e.